The molecule has 0 amide bonds. The van der Waals surface area contributed by atoms with Crippen molar-refractivity contribution in [2.45, 2.75) is 0 Å². The van der Waals surface area contributed by atoms with Crippen LogP contribution in [0.3, 0.4) is 0 Å². The number of carbonyl (C=O) groups excluding carboxylic acids is 1. The summed E-state index contributed by atoms with van der Waals surface area (Å²) in [5.74, 6) is -0.0245. The van der Waals surface area contributed by atoms with Crippen molar-refractivity contribution in [2.24, 2.45) is 4.99 Å². The number of ether oxygens (including phenoxy) is 1. The van der Waals surface area contributed by atoms with E-state index in [-0.39, 0.29) is 5.75 Å². The monoisotopic (exact) mass is 317 g/mol. The average Bonchev–Trinajstić information content (AvgIpc) is 2.55. The quantitative estimate of drug-likeness (QED) is 0.327. The van der Waals surface area contributed by atoms with Gasteiger partial charge < -0.3 is 4.74 Å². The third-order valence-electron chi connectivity index (χ3n) is 2.77. The zero-order valence-electron chi connectivity index (χ0n) is 11.7. The summed E-state index contributed by atoms with van der Waals surface area (Å²) in [6.07, 6.45) is 2.54. The van der Waals surface area contributed by atoms with Gasteiger partial charge in [0.15, 0.2) is 0 Å². The van der Waals surface area contributed by atoms with Gasteiger partial charge in [0.2, 0.25) is 6.08 Å². The fourth-order valence-corrected chi connectivity index (χ4v) is 1.69. The maximum Gasteiger partial charge on any atom is 0.344 e. The Labute approximate surface area is 130 Å². The lowest BCUT2D eigenvalue weighted by atomic mass is 10.1. The largest absolute Gasteiger partial charge is 0.428 e. The van der Waals surface area contributed by atoms with Crippen molar-refractivity contribution in [3.05, 3.63) is 71.8 Å². The summed E-state index contributed by atoms with van der Waals surface area (Å²) in [6.45, 7) is 0. The Balaban J connectivity index is 2.05. The zero-order valence-corrected chi connectivity index (χ0v) is 11.7. The van der Waals surface area contributed by atoms with Gasteiger partial charge in [0.1, 0.15) is 5.75 Å². The summed E-state index contributed by atoms with van der Waals surface area (Å²) in [7, 11) is 0. The van der Waals surface area contributed by atoms with Crippen molar-refractivity contribution >= 4 is 23.9 Å². The summed E-state index contributed by atoms with van der Waals surface area (Å²) in [6, 6.07) is 10.9. The van der Waals surface area contributed by atoms with Crippen molar-refractivity contribution in [1.82, 2.24) is 0 Å². The van der Waals surface area contributed by atoms with E-state index in [0.717, 1.165) is 11.1 Å². The first-order chi connectivity index (χ1) is 11.1. The van der Waals surface area contributed by atoms with Crippen LogP contribution >= 0.6 is 0 Å². The van der Waals surface area contributed by atoms with Gasteiger partial charge in [0.05, 0.1) is 5.69 Å². The Bertz CT molecular complexity index is 770. The molecule has 0 unspecified atom stereocenters. The molecule has 6 heteroatoms. The fraction of sp³-hybridized carbons (Fsp3) is 0. The molecule has 23 heavy (non-hydrogen) atoms. The predicted octanol–water partition coefficient (Wildman–Crippen LogP) is 5.24. The molecule has 0 bridgehead atoms. The molecule has 0 aliphatic rings. The van der Waals surface area contributed by atoms with Gasteiger partial charge in [-0.3, -0.25) is 0 Å². The van der Waals surface area contributed by atoms with Gasteiger partial charge in [-0.05, 0) is 35.4 Å². The van der Waals surface area contributed by atoms with Gasteiger partial charge in [-0.2, -0.15) is 18.2 Å². The maximum atomic E-state index is 12.6. The fourth-order valence-electron chi connectivity index (χ4n) is 1.69. The van der Waals surface area contributed by atoms with E-state index < -0.39 is 12.1 Å². The van der Waals surface area contributed by atoms with Crippen LogP contribution in [-0.2, 0) is 4.79 Å². The first kappa shape index (κ1) is 16.3. The van der Waals surface area contributed by atoms with E-state index in [0.29, 0.717) is 5.69 Å². The summed E-state index contributed by atoms with van der Waals surface area (Å²) >= 11 is 0. The molecule has 0 aliphatic carbocycles. The van der Waals surface area contributed by atoms with Crippen LogP contribution in [0.4, 0.5) is 18.9 Å². The standard InChI is InChI=1S/C17H10F3NO2/c18-16(19)17(20)23-15-9-5-13(6-10-15)2-1-12-3-7-14(8-4-12)21-11-22/h1-10H/b2-1+. The lowest BCUT2D eigenvalue weighted by Gasteiger charge is -2.02. The lowest BCUT2D eigenvalue weighted by Crippen LogP contribution is -1.90. The minimum Gasteiger partial charge on any atom is -0.428 e. The van der Waals surface area contributed by atoms with Crippen molar-refractivity contribution in [3.8, 4) is 5.75 Å². The van der Waals surface area contributed by atoms with Crippen LogP contribution in [0.2, 0.25) is 0 Å². The van der Waals surface area contributed by atoms with Crippen LogP contribution in [0.25, 0.3) is 12.2 Å². The highest BCUT2D eigenvalue weighted by Crippen LogP contribution is 2.20. The van der Waals surface area contributed by atoms with Gasteiger partial charge in [0.25, 0.3) is 0 Å². The number of nitrogens with zero attached hydrogens (tertiary/aromatic N) is 1. The Hall–Kier alpha value is -3.11. The van der Waals surface area contributed by atoms with Crippen LogP contribution < -0.4 is 4.74 Å². The molecule has 0 fully saturated rings. The number of rotatable bonds is 5. The van der Waals surface area contributed by atoms with E-state index in [1.807, 2.05) is 6.08 Å². The van der Waals surface area contributed by atoms with Crippen LogP contribution in [0.5, 0.6) is 5.75 Å². The summed E-state index contributed by atoms with van der Waals surface area (Å²) < 4.78 is 40.8. The Morgan fingerprint density at radius 3 is 1.91 bits per heavy atom. The zero-order chi connectivity index (χ0) is 16.7. The molecule has 0 heterocycles. The minimum atomic E-state index is -2.50. The van der Waals surface area contributed by atoms with Crippen LogP contribution in [0, 0.1) is 0 Å². The SMILES string of the molecule is O=C=Nc1ccc(/C=C/c2ccc(OC(F)=C(F)F)cc2)cc1. The Morgan fingerprint density at radius 2 is 1.43 bits per heavy atom. The third kappa shape index (κ3) is 4.98. The van der Waals surface area contributed by atoms with E-state index in [2.05, 4.69) is 9.73 Å². The maximum absolute atomic E-state index is 12.6. The molecule has 2 aromatic carbocycles. The molecule has 2 rings (SSSR count). The molecule has 0 aliphatic heterocycles. The molecule has 116 valence electrons. The number of hydrogen-bond donors (Lipinski definition) is 0. The molecule has 0 aromatic heterocycles. The minimum absolute atomic E-state index is 0.0245. The molecule has 0 spiro atoms. The van der Waals surface area contributed by atoms with Crippen molar-refractivity contribution in [3.63, 3.8) is 0 Å². The normalized spacial score (nSPS) is 10.2. The second-order valence-electron chi connectivity index (χ2n) is 4.33. The topological polar surface area (TPSA) is 38.7 Å². The molecule has 0 N–H and O–H groups in total. The number of benzene rings is 2. The Kier molecular flexibility index (Phi) is 5.50. The van der Waals surface area contributed by atoms with Gasteiger partial charge in [0, 0.05) is 0 Å². The summed E-state index contributed by atoms with van der Waals surface area (Å²) in [5, 5.41) is 0. The van der Waals surface area contributed by atoms with E-state index in [9.17, 15) is 18.0 Å². The van der Waals surface area contributed by atoms with Crippen molar-refractivity contribution in [2.75, 3.05) is 0 Å². The molecule has 2 aromatic rings. The smallest absolute Gasteiger partial charge is 0.344 e. The highest BCUT2D eigenvalue weighted by Gasteiger charge is 2.07. The first-order valence-corrected chi connectivity index (χ1v) is 6.43. The van der Waals surface area contributed by atoms with E-state index in [4.69, 9.17) is 0 Å². The van der Waals surface area contributed by atoms with Gasteiger partial charge in [-0.1, -0.05) is 36.4 Å². The molecule has 3 nitrogen and oxygen atoms in total. The second-order valence-corrected chi connectivity index (χ2v) is 4.33. The second kappa shape index (κ2) is 7.77. The van der Waals surface area contributed by atoms with E-state index in [1.165, 1.54) is 18.2 Å². The van der Waals surface area contributed by atoms with Gasteiger partial charge in [-0.25, -0.2) is 4.79 Å². The van der Waals surface area contributed by atoms with Crippen LogP contribution in [0.15, 0.2) is 65.6 Å². The highest BCUT2D eigenvalue weighted by molar-refractivity contribution is 5.70. The summed E-state index contributed by atoms with van der Waals surface area (Å²) in [4.78, 5) is 13.6. The average molecular weight is 317 g/mol. The number of hydrogen-bond acceptors (Lipinski definition) is 3. The molecule has 0 radical (unpaired) electrons. The van der Waals surface area contributed by atoms with E-state index in [1.54, 1.807) is 42.5 Å². The third-order valence-corrected chi connectivity index (χ3v) is 2.77. The number of aliphatic imine (C=N–C) groups is 1. The molecular formula is C17H10F3NO2. The first-order valence-electron chi connectivity index (χ1n) is 6.43. The predicted molar refractivity (Wildman–Crippen MR) is 80.6 cm³/mol. The molecule has 0 saturated heterocycles. The molecule has 0 atom stereocenters. The number of halogens is 3. The molecule has 0 saturated carbocycles. The molecular weight excluding hydrogens is 307 g/mol. The van der Waals surface area contributed by atoms with Crippen molar-refractivity contribution in [1.29, 1.82) is 0 Å². The van der Waals surface area contributed by atoms with Crippen LogP contribution in [-0.4, -0.2) is 6.08 Å². The summed E-state index contributed by atoms with van der Waals surface area (Å²) in [5.41, 5.74) is 2.16. The van der Waals surface area contributed by atoms with Crippen LogP contribution in [0.1, 0.15) is 11.1 Å². The van der Waals surface area contributed by atoms with Crippen molar-refractivity contribution < 1.29 is 22.7 Å². The van der Waals surface area contributed by atoms with Gasteiger partial charge in [-0.15, -0.1) is 0 Å². The lowest BCUT2D eigenvalue weighted by molar-refractivity contribution is 0.241. The van der Waals surface area contributed by atoms with Gasteiger partial charge >= 0.3 is 12.1 Å². The van der Waals surface area contributed by atoms with E-state index >= 15 is 0 Å². The Morgan fingerprint density at radius 1 is 0.913 bits per heavy atom. The highest BCUT2D eigenvalue weighted by atomic mass is 19.3. The number of isocyanates is 1.